The zero-order chi connectivity index (χ0) is 17.9. The highest BCUT2D eigenvalue weighted by Gasteiger charge is 2.07. The van der Waals surface area contributed by atoms with Crippen LogP contribution in [-0.4, -0.2) is 23.4 Å². The molecule has 0 bridgehead atoms. The maximum absolute atomic E-state index is 9.21. The molecule has 0 spiro atoms. The Morgan fingerprint density at radius 3 is 1.29 bits per heavy atom. The van der Waals surface area contributed by atoms with Crippen LogP contribution >= 0.6 is 0 Å². The van der Waals surface area contributed by atoms with Gasteiger partial charge in [0.05, 0.1) is 0 Å². The topological polar surface area (TPSA) is 40.5 Å². The minimum absolute atomic E-state index is 0.360. The van der Waals surface area contributed by atoms with E-state index in [0.717, 1.165) is 18.8 Å². The minimum Gasteiger partial charge on any atom is -0.396 e. The van der Waals surface area contributed by atoms with Crippen LogP contribution in [0.15, 0.2) is 0 Å². The Labute approximate surface area is 152 Å². The largest absolute Gasteiger partial charge is 0.396 e. The number of aliphatic hydroxyl groups excluding tert-OH is 2. The Morgan fingerprint density at radius 2 is 0.875 bits per heavy atom. The first kappa shape index (κ1) is 23.9. The van der Waals surface area contributed by atoms with Crippen LogP contribution in [0.3, 0.4) is 0 Å². The van der Waals surface area contributed by atoms with Crippen molar-refractivity contribution < 1.29 is 10.2 Å². The SMILES string of the molecule is CCC(CO)CCCCCC(CC)CCCCCCCCCCO. The van der Waals surface area contributed by atoms with Crippen molar-refractivity contribution in [1.29, 1.82) is 0 Å². The van der Waals surface area contributed by atoms with Gasteiger partial charge in [0.15, 0.2) is 0 Å². The first-order valence-electron chi connectivity index (χ1n) is 11.0. The highest BCUT2D eigenvalue weighted by atomic mass is 16.3. The van der Waals surface area contributed by atoms with Gasteiger partial charge in [0.1, 0.15) is 0 Å². The van der Waals surface area contributed by atoms with Crippen LogP contribution in [0.4, 0.5) is 0 Å². The number of hydrogen-bond acceptors (Lipinski definition) is 2. The molecule has 0 rings (SSSR count). The molecule has 0 aliphatic rings. The zero-order valence-electron chi connectivity index (χ0n) is 16.8. The fourth-order valence-corrected chi connectivity index (χ4v) is 3.63. The van der Waals surface area contributed by atoms with Crippen LogP contribution in [0.5, 0.6) is 0 Å². The highest BCUT2D eigenvalue weighted by molar-refractivity contribution is 4.60. The summed E-state index contributed by atoms with van der Waals surface area (Å²) in [5, 5.41) is 18.0. The van der Waals surface area contributed by atoms with Gasteiger partial charge in [-0.3, -0.25) is 0 Å². The summed E-state index contributed by atoms with van der Waals surface area (Å²) in [5.41, 5.74) is 0. The lowest BCUT2D eigenvalue weighted by molar-refractivity contribution is 0.211. The molecule has 0 radical (unpaired) electrons. The smallest absolute Gasteiger partial charge is 0.0459 e. The second kappa shape index (κ2) is 19.2. The van der Waals surface area contributed by atoms with E-state index < -0.39 is 0 Å². The van der Waals surface area contributed by atoms with Crippen molar-refractivity contribution in [2.45, 2.75) is 117 Å². The van der Waals surface area contributed by atoms with E-state index in [-0.39, 0.29) is 0 Å². The van der Waals surface area contributed by atoms with Crippen molar-refractivity contribution in [1.82, 2.24) is 0 Å². The second-order valence-electron chi connectivity index (χ2n) is 7.71. The molecule has 0 heterocycles. The third kappa shape index (κ3) is 15.4. The second-order valence-corrected chi connectivity index (χ2v) is 7.71. The van der Waals surface area contributed by atoms with Gasteiger partial charge < -0.3 is 10.2 Å². The van der Waals surface area contributed by atoms with E-state index in [1.807, 2.05) is 0 Å². The predicted molar refractivity (Wildman–Crippen MR) is 106 cm³/mol. The quantitative estimate of drug-likeness (QED) is 0.264. The van der Waals surface area contributed by atoms with Gasteiger partial charge in [-0.15, -0.1) is 0 Å². The van der Waals surface area contributed by atoms with Crippen LogP contribution in [0.25, 0.3) is 0 Å². The van der Waals surface area contributed by atoms with E-state index in [1.165, 1.54) is 89.9 Å². The number of unbranched alkanes of at least 4 members (excludes halogenated alkanes) is 9. The van der Waals surface area contributed by atoms with Crippen molar-refractivity contribution in [2.24, 2.45) is 11.8 Å². The molecule has 0 amide bonds. The Balaban J connectivity index is 3.40. The third-order valence-electron chi connectivity index (χ3n) is 5.66. The van der Waals surface area contributed by atoms with Crippen LogP contribution in [0.2, 0.25) is 0 Å². The Hall–Kier alpha value is -0.0800. The molecule has 146 valence electrons. The van der Waals surface area contributed by atoms with Gasteiger partial charge >= 0.3 is 0 Å². The lowest BCUT2D eigenvalue weighted by Gasteiger charge is -2.15. The maximum Gasteiger partial charge on any atom is 0.0459 e. The first-order valence-corrected chi connectivity index (χ1v) is 11.0. The molecular formula is C22H46O2. The van der Waals surface area contributed by atoms with Crippen molar-refractivity contribution in [2.75, 3.05) is 13.2 Å². The Kier molecular flexibility index (Phi) is 19.2. The Morgan fingerprint density at radius 1 is 0.500 bits per heavy atom. The normalized spacial score (nSPS) is 14.0. The fraction of sp³-hybridized carbons (Fsp3) is 1.00. The molecule has 2 atom stereocenters. The average molecular weight is 343 g/mol. The molecule has 0 aromatic heterocycles. The Bertz CT molecular complexity index is 226. The van der Waals surface area contributed by atoms with Gasteiger partial charge in [-0.25, -0.2) is 0 Å². The summed E-state index contributed by atoms with van der Waals surface area (Å²) in [6.07, 6.45) is 21.0. The van der Waals surface area contributed by atoms with Crippen molar-refractivity contribution >= 4 is 0 Å². The van der Waals surface area contributed by atoms with Crippen LogP contribution in [-0.2, 0) is 0 Å². The minimum atomic E-state index is 0.360. The number of hydrogen-bond donors (Lipinski definition) is 2. The van der Waals surface area contributed by atoms with E-state index in [9.17, 15) is 5.11 Å². The van der Waals surface area contributed by atoms with Gasteiger partial charge in [-0.05, 0) is 24.7 Å². The van der Waals surface area contributed by atoms with Gasteiger partial charge in [-0.2, -0.15) is 0 Å². The lowest BCUT2D eigenvalue weighted by Crippen LogP contribution is -2.04. The third-order valence-corrected chi connectivity index (χ3v) is 5.66. The van der Waals surface area contributed by atoms with E-state index >= 15 is 0 Å². The van der Waals surface area contributed by atoms with E-state index in [4.69, 9.17) is 5.11 Å². The average Bonchev–Trinajstić information content (AvgIpc) is 2.61. The van der Waals surface area contributed by atoms with Gasteiger partial charge in [0.25, 0.3) is 0 Å². The van der Waals surface area contributed by atoms with E-state index in [2.05, 4.69) is 13.8 Å². The van der Waals surface area contributed by atoms with Crippen molar-refractivity contribution in [3.05, 3.63) is 0 Å². The summed E-state index contributed by atoms with van der Waals surface area (Å²) in [4.78, 5) is 0. The molecule has 0 saturated heterocycles. The summed E-state index contributed by atoms with van der Waals surface area (Å²) in [6.45, 7) is 5.27. The zero-order valence-corrected chi connectivity index (χ0v) is 16.8. The van der Waals surface area contributed by atoms with Crippen molar-refractivity contribution in [3.8, 4) is 0 Å². The number of rotatable bonds is 19. The molecule has 2 unspecified atom stereocenters. The summed E-state index contributed by atoms with van der Waals surface area (Å²) < 4.78 is 0. The number of aliphatic hydroxyl groups is 2. The standard InChI is InChI=1S/C22H46O2/c1-3-21(17-13-11-14-18-22(4-2)20-24)16-12-9-7-5-6-8-10-15-19-23/h21-24H,3-20H2,1-2H3. The van der Waals surface area contributed by atoms with Gasteiger partial charge in [0.2, 0.25) is 0 Å². The summed E-state index contributed by atoms with van der Waals surface area (Å²) in [6, 6.07) is 0. The summed E-state index contributed by atoms with van der Waals surface area (Å²) >= 11 is 0. The molecule has 0 aromatic carbocycles. The van der Waals surface area contributed by atoms with Crippen LogP contribution in [0, 0.1) is 11.8 Å². The van der Waals surface area contributed by atoms with Crippen LogP contribution in [0.1, 0.15) is 117 Å². The molecular weight excluding hydrogens is 296 g/mol. The fourth-order valence-electron chi connectivity index (χ4n) is 3.63. The summed E-state index contributed by atoms with van der Waals surface area (Å²) in [5.74, 6) is 1.48. The van der Waals surface area contributed by atoms with Crippen LogP contribution < -0.4 is 0 Å². The maximum atomic E-state index is 9.21. The molecule has 0 aliphatic heterocycles. The molecule has 2 N–H and O–H groups in total. The molecule has 0 aromatic rings. The molecule has 2 nitrogen and oxygen atoms in total. The van der Waals surface area contributed by atoms with Gasteiger partial charge in [-0.1, -0.05) is 104 Å². The molecule has 0 aliphatic carbocycles. The van der Waals surface area contributed by atoms with Gasteiger partial charge in [0, 0.05) is 13.2 Å². The van der Waals surface area contributed by atoms with Crippen molar-refractivity contribution in [3.63, 3.8) is 0 Å². The molecule has 0 fully saturated rings. The highest BCUT2D eigenvalue weighted by Crippen LogP contribution is 2.22. The molecule has 2 heteroatoms. The molecule has 24 heavy (non-hydrogen) atoms. The lowest BCUT2D eigenvalue weighted by atomic mass is 9.91. The predicted octanol–water partition coefficient (Wildman–Crippen LogP) is 6.48. The van der Waals surface area contributed by atoms with E-state index in [0.29, 0.717) is 19.1 Å². The summed E-state index contributed by atoms with van der Waals surface area (Å²) in [7, 11) is 0. The monoisotopic (exact) mass is 342 g/mol. The van der Waals surface area contributed by atoms with E-state index in [1.54, 1.807) is 0 Å². The molecule has 0 saturated carbocycles. The first-order chi connectivity index (χ1) is 11.8.